The number of hydrogen-bond acceptors (Lipinski definition) is 4. The second-order valence-electron chi connectivity index (χ2n) is 3.97. The summed E-state index contributed by atoms with van der Waals surface area (Å²) in [4.78, 5) is 13.1. The lowest BCUT2D eigenvalue weighted by atomic mass is 10.2. The molecule has 2 N–H and O–H groups in total. The van der Waals surface area contributed by atoms with Crippen molar-refractivity contribution in [2.45, 2.75) is 5.51 Å². The van der Waals surface area contributed by atoms with Crippen molar-refractivity contribution in [1.82, 2.24) is 0 Å². The Balaban J connectivity index is 2.51. The summed E-state index contributed by atoms with van der Waals surface area (Å²) in [6.45, 7) is 0.484. The molecule has 0 aromatic heterocycles. The molecule has 0 saturated carbocycles. The molecule has 1 aromatic rings. The van der Waals surface area contributed by atoms with E-state index in [0.717, 1.165) is 5.69 Å². The molecule has 112 valence electrons. The van der Waals surface area contributed by atoms with E-state index in [-0.39, 0.29) is 18.4 Å². The fourth-order valence-corrected chi connectivity index (χ4v) is 1.79. The van der Waals surface area contributed by atoms with Gasteiger partial charge in [-0.2, -0.15) is 13.2 Å². The van der Waals surface area contributed by atoms with Crippen molar-refractivity contribution in [3.8, 4) is 0 Å². The number of aliphatic hydroxyl groups excluding tert-OH is 1. The van der Waals surface area contributed by atoms with E-state index in [0.29, 0.717) is 12.2 Å². The molecule has 0 aliphatic rings. The number of alkyl halides is 3. The van der Waals surface area contributed by atoms with Crippen LogP contribution >= 0.6 is 11.8 Å². The first-order valence-corrected chi connectivity index (χ1v) is 6.73. The zero-order valence-corrected chi connectivity index (χ0v) is 11.6. The maximum atomic E-state index is 11.9. The minimum Gasteiger partial charge on any atom is -0.395 e. The molecule has 0 atom stereocenters. The van der Waals surface area contributed by atoms with Gasteiger partial charge in [0.2, 0.25) is 5.91 Å². The van der Waals surface area contributed by atoms with E-state index < -0.39 is 17.2 Å². The minimum absolute atomic E-state index is 0.0175. The highest BCUT2D eigenvalue weighted by molar-refractivity contribution is 8.00. The molecular formula is C12H15F3N2O2S. The van der Waals surface area contributed by atoms with Gasteiger partial charge in [-0.3, -0.25) is 4.79 Å². The Hall–Kier alpha value is -1.41. The first-order valence-electron chi connectivity index (χ1n) is 5.74. The fraction of sp³-hybridized carbons (Fsp3) is 0.417. The van der Waals surface area contributed by atoms with Crippen molar-refractivity contribution in [2.24, 2.45) is 0 Å². The van der Waals surface area contributed by atoms with Crippen LogP contribution in [0.15, 0.2) is 24.3 Å². The Morgan fingerprint density at radius 2 is 1.95 bits per heavy atom. The lowest BCUT2D eigenvalue weighted by Gasteiger charge is -2.18. The molecule has 20 heavy (non-hydrogen) atoms. The molecule has 0 bridgehead atoms. The maximum absolute atomic E-state index is 11.9. The molecule has 0 unspecified atom stereocenters. The van der Waals surface area contributed by atoms with Gasteiger partial charge in [0.1, 0.15) is 0 Å². The monoisotopic (exact) mass is 308 g/mol. The van der Waals surface area contributed by atoms with Gasteiger partial charge in [0.25, 0.3) is 0 Å². The van der Waals surface area contributed by atoms with Crippen LogP contribution in [0, 0.1) is 0 Å². The summed E-state index contributed by atoms with van der Waals surface area (Å²) in [6.07, 6.45) is 0. The van der Waals surface area contributed by atoms with E-state index in [1.807, 2.05) is 4.90 Å². The number of nitrogens with one attached hydrogen (secondary N) is 1. The van der Waals surface area contributed by atoms with Crippen LogP contribution in [0.1, 0.15) is 0 Å². The molecule has 0 aliphatic heterocycles. The van der Waals surface area contributed by atoms with Crippen LogP contribution in [0.25, 0.3) is 0 Å². The quantitative estimate of drug-likeness (QED) is 0.847. The van der Waals surface area contributed by atoms with Gasteiger partial charge in [0, 0.05) is 25.0 Å². The van der Waals surface area contributed by atoms with E-state index >= 15 is 0 Å². The summed E-state index contributed by atoms with van der Waals surface area (Å²) < 4.78 is 35.8. The topological polar surface area (TPSA) is 52.6 Å². The maximum Gasteiger partial charge on any atom is 0.442 e. The lowest BCUT2D eigenvalue weighted by molar-refractivity contribution is -0.114. The Kier molecular flexibility index (Phi) is 6.15. The highest BCUT2D eigenvalue weighted by Gasteiger charge is 2.29. The Morgan fingerprint density at radius 1 is 1.35 bits per heavy atom. The summed E-state index contributed by atoms with van der Waals surface area (Å²) in [5.41, 5.74) is -3.14. The number of halogens is 3. The predicted octanol–water partition coefficient (Wildman–Crippen LogP) is 2.31. The van der Waals surface area contributed by atoms with E-state index in [4.69, 9.17) is 5.11 Å². The predicted molar refractivity (Wildman–Crippen MR) is 73.9 cm³/mol. The second kappa shape index (κ2) is 7.39. The summed E-state index contributed by atoms with van der Waals surface area (Å²) in [5, 5.41) is 11.2. The Labute approximate surface area is 119 Å². The molecule has 1 aromatic carbocycles. The average Bonchev–Trinajstić information content (AvgIpc) is 2.37. The molecule has 0 aliphatic carbocycles. The van der Waals surface area contributed by atoms with Gasteiger partial charge in [-0.05, 0) is 36.0 Å². The van der Waals surface area contributed by atoms with E-state index in [9.17, 15) is 18.0 Å². The molecular weight excluding hydrogens is 293 g/mol. The minimum atomic E-state index is -4.41. The third-order valence-corrected chi connectivity index (χ3v) is 3.13. The number of likely N-dealkylation sites (N-methyl/N-ethyl adjacent to an activating group) is 1. The van der Waals surface area contributed by atoms with Crippen LogP contribution in [0.3, 0.4) is 0 Å². The van der Waals surface area contributed by atoms with Crippen molar-refractivity contribution in [1.29, 1.82) is 0 Å². The van der Waals surface area contributed by atoms with Gasteiger partial charge in [-0.25, -0.2) is 0 Å². The van der Waals surface area contributed by atoms with Crippen LogP contribution < -0.4 is 10.2 Å². The largest absolute Gasteiger partial charge is 0.442 e. The van der Waals surface area contributed by atoms with Gasteiger partial charge < -0.3 is 15.3 Å². The van der Waals surface area contributed by atoms with Crippen LogP contribution in [0.4, 0.5) is 24.5 Å². The third kappa shape index (κ3) is 6.16. The van der Waals surface area contributed by atoms with Gasteiger partial charge >= 0.3 is 5.51 Å². The molecule has 0 spiro atoms. The van der Waals surface area contributed by atoms with E-state index in [1.54, 1.807) is 31.3 Å². The molecule has 0 saturated heterocycles. The number of anilines is 2. The number of benzene rings is 1. The molecule has 0 radical (unpaired) electrons. The number of aliphatic hydroxyl groups is 1. The molecule has 8 heteroatoms. The zero-order valence-electron chi connectivity index (χ0n) is 10.8. The number of amides is 1. The van der Waals surface area contributed by atoms with Crippen molar-refractivity contribution in [2.75, 3.05) is 36.2 Å². The first kappa shape index (κ1) is 16.6. The Bertz CT molecular complexity index is 437. The Morgan fingerprint density at radius 3 is 2.45 bits per heavy atom. The average molecular weight is 308 g/mol. The van der Waals surface area contributed by atoms with Crippen LogP contribution in [0.2, 0.25) is 0 Å². The molecule has 4 nitrogen and oxygen atoms in total. The van der Waals surface area contributed by atoms with Crippen LogP contribution in [0.5, 0.6) is 0 Å². The van der Waals surface area contributed by atoms with Gasteiger partial charge in [-0.15, -0.1) is 0 Å². The number of nitrogens with zero attached hydrogens (tertiary/aromatic N) is 1. The normalized spacial score (nSPS) is 11.2. The first-order chi connectivity index (χ1) is 9.31. The molecule has 0 fully saturated rings. The van der Waals surface area contributed by atoms with E-state index in [1.165, 1.54) is 0 Å². The summed E-state index contributed by atoms with van der Waals surface area (Å²) in [5.74, 6) is -1.38. The van der Waals surface area contributed by atoms with Gasteiger partial charge in [0.05, 0.1) is 12.4 Å². The lowest BCUT2D eigenvalue weighted by Crippen LogP contribution is -2.21. The summed E-state index contributed by atoms with van der Waals surface area (Å²) >= 11 is -0.372. The highest BCUT2D eigenvalue weighted by atomic mass is 32.2. The van der Waals surface area contributed by atoms with E-state index in [2.05, 4.69) is 5.32 Å². The highest BCUT2D eigenvalue weighted by Crippen LogP contribution is 2.30. The molecule has 1 rings (SSSR count). The number of carbonyl (C=O) groups excluding carboxylic acids is 1. The van der Waals surface area contributed by atoms with Crippen LogP contribution in [-0.4, -0.2) is 42.5 Å². The van der Waals surface area contributed by atoms with Crippen LogP contribution in [-0.2, 0) is 4.79 Å². The van der Waals surface area contributed by atoms with Gasteiger partial charge in [-0.1, -0.05) is 0 Å². The second-order valence-corrected chi connectivity index (χ2v) is 5.01. The van der Waals surface area contributed by atoms with Crippen molar-refractivity contribution < 1.29 is 23.1 Å². The van der Waals surface area contributed by atoms with Gasteiger partial charge in [0.15, 0.2) is 0 Å². The number of thioether (sulfide) groups is 1. The smallest absolute Gasteiger partial charge is 0.395 e. The summed E-state index contributed by atoms with van der Waals surface area (Å²) in [7, 11) is 1.80. The third-order valence-electron chi connectivity index (χ3n) is 2.39. The number of hydrogen-bond donors (Lipinski definition) is 2. The molecule has 1 amide bonds. The fourth-order valence-electron chi connectivity index (χ4n) is 1.42. The SMILES string of the molecule is CN(CCO)c1ccc(NC(=O)CSC(F)(F)F)cc1. The zero-order chi connectivity index (χ0) is 15.2. The standard InChI is InChI=1S/C12H15F3N2O2S/c1-17(6-7-18)10-4-2-9(3-5-10)16-11(19)8-20-12(13,14)15/h2-5,18H,6-8H2,1H3,(H,16,19). The van der Waals surface area contributed by atoms with Crippen molar-refractivity contribution >= 4 is 29.0 Å². The number of rotatable bonds is 6. The number of carbonyl (C=O) groups is 1. The van der Waals surface area contributed by atoms with Crippen molar-refractivity contribution in [3.63, 3.8) is 0 Å². The molecule has 0 heterocycles. The summed E-state index contributed by atoms with van der Waals surface area (Å²) in [6, 6.07) is 6.61. The van der Waals surface area contributed by atoms with Crippen molar-refractivity contribution in [3.05, 3.63) is 24.3 Å².